The standard InChI is InChI=1S/C17H19NO4/c1-2-9-22-15-8-4-7-14(11-15)18-16(19)12-5-3-6-13(10-12)17(20)21/h1,4,7-8,11-13H,3,5-6,9-10H2,(H,18,19)(H,20,21). The number of nitrogens with one attached hydrogen (secondary N) is 1. The van der Waals surface area contributed by atoms with Crippen LogP contribution in [0.1, 0.15) is 25.7 Å². The van der Waals surface area contributed by atoms with Crippen LogP contribution in [0.5, 0.6) is 5.75 Å². The fourth-order valence-electron chi connectivity index (χ4n) is 2.69. The van der Waals surface area contributed by atoms with Crippen molar-refractivity contribution in [2.75, 3.05) is 11.9 Å². The van der Waals surface area contributed by atoms with E-state index in [-0.39, 0.29) is 18.4 Å². The summed E-state index contributed by atoms with van der Waals surface area (Å²) in [6, 6.07) is 6.99. The molecule has 0 heterocycles. The first-order valence-electron chi connectivity index (χ1n) is 7.30. The number of ether oxygens (including phenoxy) is 1. The van der Waals surface area contributed by atoms with E-state index in [1.807, 2.05) is 0 Å². The van der Waals surface area contributed by atoms with Crippen LogP contribution < -0.4 is 10.1 Å². The lowest BCUT2D eigenvalue weighted by molar-refractivity contribution is -0.143. The van der Waals surface area contributed by atoms with E-state index in [2.05, 4.69) is 11.2 Å². The fraction of sp³-hybridized carbons (Fsp3) is 0.412. The normalized spacial score (nSPS) is 20.7. The van der Waals surface area contributed by atoms with Gasteiger partial charge in [0.1, 0.15) is 12.4 Å². The Morgan fingerprint density at radius 1 is 1.36 bits per heavy atom. The van der Waals surface area contributed by atoms with Crippen molar-refractivity contribution < 1.29 is 19.4 Å². The summed E-state index contributed by atoms with van der Waals surface area (Å²) in [7, 11) is 0. The lowest BCUT2D eigenvalue weighted by Crippen LogP contribution is -2.30. The van der Waals surface area contributed by atoms with E-state index >= 15 is 0 Å². The van der Waals surface area contributed by atoms with Crippen molar-refractivity contribution in [3.05, 3.63) is 24.3 Å². The SMILES string of the molecule is C#CCOc1cccc(NC(=O)C2CCCC(C(=O)O)C2)c1. The molecule has 0 spiro atoms. The minimum atomic E-state index is -0.817. The first kappa shape index (κ1) is 15.9. The second-order valence-corrected chi connectivity index (χ2v) is 5.41. The van der Waals surface area contributed by atoms with E-state index in [0.29, 0.717) is 24.3 Å². The van der Waals surface area contributed by atoms with E-state index in [1.165, 1.54) is 0 Å². The van der Waals surface area contributed by atoms with Crippen molar-refractivity contribution in [2.24, 2.45) is 11.8 Å². The van der Waals surface area contributed by atoms with Gasteiger partial charge in [-0.05, 0) is 31.4 Å². The Morgan fingerprint density at radius 2 is 2.14 bits per heavy atom. The first-order valence-corrected chi connectivity index (χ1v) is 7.30. The molecule has 2 atom stereocenters. The van der Waals surface area contributed by atoms with Crippen molar-refractivity contribution in [1.29, 1.82) is 0 Å². The van der Waals surface area contributed by atoms with Crippen LogP contribution in [0.4, 0.5) is 5.69 Å². The zero-order valence-corrected chi connectivity index (χ0v) is 12.2. The molecular weight excluding hydrogens is 282 g/mol. The van der Waals surface area contributed by atoms with Crippen LogP contribution in [-0.2, 0) is 9.59 Å². The van der Waals surface area contributed by atoms with Gasteiger partial charge in [0.2, 0.25) is 5.91 Å². The van der Waals surface area contributed by atoms with E-state index in [0.717, 1.165) is 12.8 Å². The minimum absolute atomic E-state index is 0.139. The molecule has 2 N–H and O–H groups in total. The first-order chi connectivity index (χ1) is 10.6. The predicted octanol–water partition coefficient (Wildman–Crippen LogP) is 2.53. The topological polar surface area (TPSA) is 75.6 Å². The van der Waals surface area contributed by atoms with Gasteiger partial charge in [0.05, 0.1) is 5.92 Å². The van der Waals surface area contributed by atoms with Crippen molar-refractivity contribution in [2.45, 2.75) is 25.7 Å². The van der Waals surface area contributed by atoms with Gasteiger partial charge in [0.15, 0.2) is 0 Å². The maximum absolute atomic E-state index is 12.3. The molecule has 0 aliphatic heterocycles. The smallest absolute Gasteiger partial charge is 0.306 e. The quantitative estimate of drug-likeness (QED) is 0.819. The number of benzene rings is 1. The number of carboxylic acid groups (broad SMARTS) is 1. The second kappa shape index (κ2) is 7.51. The zero-order chi connectivity index (χ0) is 15.9. The lowest BCUT2D eigenvalue weighted by atomic mass is 9.81. The molecule has 1 saturated carbocycles. The highest BCUT2D eigenvalue weighted by molar-refractivity contribution is 5.93. The van der Waals surface area contributed by atoms with Gasteiger partial charge < -0.3 is 15.2 Å². The molecule has 1 amide bonds. The Kier molecular flexibility index (Phi) is 5.42. The molecule has 1 aromatic rings. The third-order valence-electron chi connectivity index (χ3n) is 3.82. The molecular formula is C17H19NO4. The molecule has 1 fully saturated rings. The zero-order valence-electron chi connectivity index (χ0n) is 12.2. The molecule has 22 heavy (non-hydrogen) atoms. The average Bonchev–Trinajstić information content (AvgIpc) is 2.53. The van der Waals surface area contributed by atoms with Crippen LogP contribution in [0.25, 0.3) is 0 Å². The summed E-state index contributed by atoms with van der Waals surface area (Å²) in [5, 5.41) is 11.9. The summed E-state index contributed by atoms with van der Waals surface area (Å²) >= 11 is 0. The number of amides is 1. The predicted molar refractivity (Wildman–Crippen MR) is 82.5 cm³/mol. The molecule has 116 valence electrons. The van der Waals surface area contributed by atoms with Crippen molar-refractivity contribution >= 4 is 17.6 Å². The van der Waals surface area contributed by atoms with Crippen LogP contribution in [0, 0.1) is 24.2 Å². The van der Waals surface area contributed by atoms with E-state index in [4.69, 9.17) is 16.3 Å². The number of carbonyl (C=O) groups is 2. The second-order valence-electron chi connectivity index (χ2n) is 5.41. The lowest BCUT2D eigenvalue weighted by Gasteiger charge is -2.25. The van der Waals surface area contributed by atoms with Crippen molar-refractivity contribution in [1.82, 2.24) is 0 Å². The molecule has 1 aromatic carbocycles. The molecule has 1 aliphatic rings. The fourth-order valence-corrected chi connectivity index (χ4v) is 2.69. The molecule has 0 saturated heterocycles. The Hall–Kier alpha value is -2.48. The summed E-state index contributed by atoms with van der Waals surface area (Å²) in [6.45, 7) is 0.167. The van der Waals surface area contributed by atoms with Crippen LogP contribution in [0.15, 0.2) is 24.3 Å². The van der Waals surface area contributed by atoms with Gasteiger partial charge in [-0.2, -0.15) is 0 Å². The summed E-state index contributed by atoms with van der Waals surface area (Å²) in [6.07, 6.45) is 7.67. The molecule has 0 aromatic heterocycles. The maximum Gasteiger partial charge on any atom is 0.306 e. The van der Waals surface area contributed by atoms with Crippen molar-refractivity contribution in [3.63, 3.8) is 0 Å². The number of carboxylic acids is 1. The van der Waals surface area contributed by atoms with Gasteiger partial charge in [0, 0.05) is 17.7 Å². The Morgan fingerprint density at radius 3 is 2.86 bits per heavy atom. The Labute approximate surface area is 129 Å². The minimum Gasteiger partial charge on any atom is -0.481 e. The maximum atomic E-state index is 12.3. The monoisotopic (exact) mass is 301 g/mol. The molecule has 2 rings (SSSR count). The highest BCUT2D eigenvalue weighted by atomic mass is 16.5. The van der Waals surface area contributed by atoms with Crippen LogP contribution in [0.3, 0.4) is 0 Å². The molecule has 0 bridgehead atoms. The molecule has 2 unspecified atom stereocenters. The van der Waals surface area contributed by atoms with Crippen LogP contribution in [-0.4, -0.2) is 23.6 Å². The van der Waals surface area contributed by atoms with E-state index < -0.39 is 11.9 Å². The number of hydrogen-bond acceptors (Lipinski definition) is 3. The third kappa shape index (κ3) is 4.26. The molecule has 0 radical (unpaired) electrons. The Balaban J connectivity index is 1.96. The summed E-state index contributed by atoms with van der Waals surface area (Å²) in [5.74, 6) is 1.33. The number of anilines is 1. The molecule has 5 nitrogen and oxygen atoms in total. The van der Waals surface area contributed by atoms with Crippen molar-refractivity contribution in [3.8, 4) is 18.1 Å². The van der Waals surface area contributed by atoms with Gasteiger partial charge in [-0.15, -0.1) is 6.42 Å². The largest absolute Gasteiger partial charge is 0.481 e. The average molecular weight is 301 g/mol. The number of carbonyl (C=O) groups excluding carboxylic acids is 1. The van der Waals surface area contributed by atoms with E-state index in [9.17, 15) is 9.59 Å². The molecule has 1 aliphatic carbocycles. The van der Waals surface area contributed by atoms with Gasteiger partial charge in [0.25, 0.3) is 0 Å². The van der Waals surface area contributed by atoms with Crippen LogP contribution in [0.2, 0.25) is 0 Å². The highest BCUT2D eigenvalue weighted by Crippen LogP contribution is 2.30. The summed E-state index contributed by atoms with van der Waals surface area (Å²) in [5.41, 5.74) is 0.622. The molecule has 5 heteroatoms. The number of rotatable bonds is 5. The van der Waals surface area contributed by atoms with Gasteiger partial charge in [-0.1, -0.05) is 18.4 Å². The van der Waals surface area contributed by atoms with Gasteiger partial charge >= 0.3 is 5.97 Å². The van der Waals surface area contributed by atoms with E-state index in [1.54, 1.807) is 24.3 Å². The third-order valence-corrected chi connectivity index (χ3v) is 3.82. The summed E-state index contributed by atoms with van der Waals surface area (Å²) < 4.78 is 5.31. The van der Waals surface area contributed by atoms with Gasteiger partial charge in [-0.3, -0.25) is 9.59 Å². The van der Waals surface area contributed by atoms with Crippen LogP contribution >= 0.6 is 0 Å². The number of aliphatic carboxylic acids is 1. The number of terminal acetylenes is 1. The Bertz CT molecular complexity index is 591. The number of hydrogen-bond donors (Lipinski definition) is 2. The highest BCUT2D eigenvalue weighted by Gasteiger charge is 2.31. The van der Waals surface area contributed by atoms with Gasteiger partial charge in [-0.25, -0.2) is 0 Å². The summed E-state index contributed by atoms with van der Waals surface area (Å²) in [4.78, 5) is 23.3.